The molecule has 1 aliphatic rings. The standard InChI is InChI=1S/C22H20F3N3O2/c23-22(24,25)17-8-9-18-16(14-17)7-4-12-28(18)21(29)11-10-20-26-19(27-30-20)13-15-5-2-1-3-6-15/h1-3,5-6,8-9,14H,4,7,10-13H2. The fraction of sp³-hybridized carbons (Fsp3) is 0.318. The number of carbonyl (C=O) groups excluding carboxylic acids is 1. The Balaban J connectivity index is 1.40. The van der Waals surface area contributed by atoms with Gasteiger partial charge in [0.05, 0.1) is 5.56 Å². The quantitative estimate of drug-likeness (QED) is 0.612. The maximum absolute atomic E-state index is 13.0. The Bertz CT molecular complexity index is 1030. The molecule has 30 heavy (non-hydrogen) atoms. The lowest BCUT2D eigenvalue weighted by molar-refractivity contribution is -0.137. The number of alkyl halides is 3. The summed E-state index contributed by atoms with van der Waals surface area (Å²) in [6, 6.07) is 13.3. The van der Waals surface area contributed by atoms with Crippen LogP contribution in [0, 0.1) is 0 Å². The number of aryl methyl sites for hydroxylation is 2. The summed E-state index contributed by atoms with van der Waals surface area (Å²) in [4.78, 5) is 18.6. The lowest BCUT2D eigenvalue weighted by Crippen LogP contribution is -2.35. The summed E-state index contributed by atoms with van der Waals surface area (Å²) in [6.45, 7) is 0.486. The van der Waals surface area contributed by atoms with E-state index in [0.717, 1.165) is 17.7 Å². The van der Waals surface area contributed by atoms with E-state index in [1.54, 1.807) is 4.90 Å². The van der Waals surface area contributed by atoms with Gasteiger partial charge in [0, 0.05) is 31.5 Å². The van der Waals surface area contributed by atoms with E-state index in [0.29, 0.717) is 48.8 Å². The zero-order valence-corrected chi connectivity index (χ0v) is 16.2. The largest absolute Gasteiger partial charge is 0.416 e. The Morgan fingerprint density at radius 2 is 1.93 bits per heavy atom. The first kappa shape index (κ1) is 20.1. The normalized spacial score (nSPS) is 13.9. The lowest BCUT2D eigenvalue weighted by atomic mass is 9.98. The first-order valence-corrected chi connectivity index (χ1v) is 9.76. The minimum Gasteiger partial charge on any atom is -0.339 e. The predicted octanol–water partition coefficient (Wildman–Crippen LogP) is 4.59. The summed E-state index contributed by atoms with van der Waals surface area (Å²) in [7, 11) is 0. The van der Waals surface area contributed by atoms with Crippen LogP contribution in [-0.2, 0) is 30.2 Å². The molecule has 8 heteroatoms. The second-order valence-corrected chi connectivity index (χ2v) is 7.26. The molecule has 0 saturated carbocycles. The van der Waals surface area contributed by atoms with E-state index >= 15 is 0 Å². The van der Waals surface area contributed by atoms with E-state index in [4.69, 9.17) is 4.52 Å². The van der Waals surface area contributed by atoms with Gasteiger partial charge in [-0.15, -0.1) is 0 Å². The van der Waals surface area contributed by atoms with Crippen molar-refractivity contribution >= 4 is 11.6 Å². The van der Waals surface area contributed by atoms with Crippen molar-refractivity contribution in [3.8, 4) is 0 Å². The van der Waals surface area contributed by atoms with Crippen LogP contribution in [0.3, 0.4) is 0 Å². The molecule has 3 aromatic rings. The first-order valence-electron chi connectivity index (χ1n) is 9.76. The van der Waals surface area contributed by atoms with Crippen molar-refractivity contribution in [2.75, 3.05) is 11.4 Å². The van der Waals surface area contributed by atoms with Crippen molar-refractivity contribution in [3.63, 3.8) is 0 Å². The van der Waals surface area contributed by atoms with Gasteiger partial charge in [-0.05, 0) is 42.2 Å². The Kier molecular flexibility index (Phi) is 5.57. The van der Waals surface area contributed by atoms with Crippen LogP contribution >= 0.6 is 0 Å². The Hall–Kier alpha value is -3.16. The molecule has 1 aromatic heterocycles. The van der Waals surface area contributed by atoms with Gasteiger partial charge in [-0.25, -0.2) is 0 Å². The fourth-order valence-electron chi connectivity index (χ4n) is 3.62. The molecule has 0 saturated heterocycles. The first-order chi connectivity index (χ1) is 14.4. The molecule has 2 heterocycles. The summed E-state index contributed by atoms with van der Waals surface area (Å²) in [5.74, 6) is 0.754. The number of carbonyl (C=O) groups is 1. The average Bonchev–Trinajstić information content (AvgIpc) is 3.18. The van der Waals surface area contributed by atoms with Crippen molar-refractivity contribution < 1.29 is 22.5 Å². The van der Waals surface area contributed by atoms with Gasteiger partial charge in [0.25, 0.3) is 0 Å². The second-order valence-electron chi connectivity index (χ2n) is 7.26. The van der Waals surface area contributed by atoms with Gasteiger partial charge in [0.1, 0.15) is 0 Å². The van der Waals surface area contributed by atoms with Crippen molar-refractivity contribution in [2.24, 2.45) is 0 Å². The molecule has 2 aromatic carbocycles. The highest BCUT2D eigenvalue weighted by atomic mass is 19.4. The van der Waals surface area contributed by atoms with Crippen molar-refractivity contribution in [2.45, 2.75) is 38.3 Å². The molecular weight excluding hydrogens is 395 g/mol. The summed E-state index contributed by atoms with van der Waals surface area (Å²) < 4.78 is 44.1. The smallest absolute Gasteiger partial charge is 0.339 e. The lowest BCUT2D eigenvalue weighted by Gasteiger charge is -2.30. The van der Waals surface area contributed by atoms with Gasteiger partial charge in [0.15, 0.2) is 5.82 Å². The molecule has 0 atom stereocenters. The van der Waals surface area contributed by atoms with Crippen LogP contribution in [0.1, 0.15) is 41.2 Å². The van der Waals surface area contributed by atoms with Crippen molar-refractivity contribution in [3.05, 3.63) is 76.9 Å². The van der Waals surface area contributed by atoms with Crippen LogP contribution in [-0.4, -0.2) is 22.6 Å². The molecule has 0 radical (unpaired) electrons. The molecule has 1 amide bonds. The number of rotatable bonds is 5. The minimum atomic E-state index is -4.39. The van der Waals surface area contributed by atoms with Gasteiger partial charge in [-0.1, -0.05) is 35.5 Å². The number of nitrogens with zero attached hydrogens (tertiary/aromatic N) is 3. The average molecular weight is 415 g/mol. The van der Waals surface area contributed by atoms with Gasteiger partial charge in [-0.2, -0.15) is 18.2 Å². The van der Waals surface area contributed by atoms with Crippen LogP contribution in [0.4, 0.5) is 18.9 Å². The zero-order valence-electron chi connectivity index (χ0n) is 16.2. The zero-order chi connectivity index (χ0) is 21.1. The van der Waals surface area contributed by atoms with Crippen LogP contribution in [0.15, 0.2) is 53.1 Å². The predicted molar refractivity (Wildman–Crippen MR) is 104 cm³/mol. The third kappa shape index (κ3) is 4.53. The maximum Gasteiger partial charge on any atom is 0.416 e. The molecule has 0 aliphatic carbocycles. The molecule has 0 N–H and O–H groups in total. The number of amides is 1. The van der Waals surface area contributed by atoms with Crippen molar-refractivity contribution in [1.29, 1.82) is 0 Å². The SMILES string of the molecule is O=C(CCc1nc(Cc2ccccc2)no1)N1CCCc2cc(C(F)(F)F)ccc21. The highest BCUT2D eigenvalue weighted by Crippen LogP contribution is 2.35. The van der Waals surface area contributed by atoms with Crippen LogP contribution < -0.4 is 4.90 Å². The topological polar surface area (TPSA) is 59.2 Å². The molecule has 5 nitrogen and oxygen atoms in total. The molecule has 4 rings (SSSR count). The Morgan fingerprint density at radius 3 is 2.70 bits per heavy atom. The number of benzene rings is 2. The van der Waals surface area contributed by atoms with Crippen LogP contribution in [0.25, 0.3) is 0 Å². The number of halogens is 3. The summed E-state index contributed by atoms with van der Waals surface area (Å²) in [5, 5.41) is 3.95. The number of aromatic nitrogens is 2. The third-order valence-corrected chi connectivity index (χ3v) is 5.09. The van der Waals surface area contributed by atoms with E-state index in [1.807, 2.05) is 30.3 Å². The molecular formula is C22H20F3N3O2. The Morgan fingerprint density at radius 1 is 1.13 bits per heavy atom. The third-order valence-electron chi connectivity index (χ3n) is 5.09. The van der Waals surface area contributed by atoms with Gasteiger partial charge in [0.2, 0.25) is 11.8 Å². The minimum absolute atomic E-state index is 0.146. The van der Waals surface area contributed by atoms with Gasteiger partial charge < -0.3 is 9.42 Å². The molecule has 0 spiro atoms. The Labute approximate surface area is 171 Å². The van der Waals surface area contributed by atoms with E-state index in [9.17, 15) is 18.0 Å². The monoisotopic (exact) mass is 415 g/mol. The number of fused-ring (bicyclic) bond motifs is 1. The van der Waals surface area contributed by atoms with E-state index in [-0.39, 0.29) is 18.7 Å². The molecule has 156 valence electrons. The molecule has 0 bridgehead atoms. The second kappa shape index (κ2) is 8.30. The van der Waals surface area contributed by atoms with Crippen LogP contribution in [0.5, 0.6) is 0 Å². The highest BCUT2D eigenvalue weighted by molar-refractivity contribution is 5.94. The molecule has 1 aliphatic heterocycles. The van der Waals surface area contributed by atoms with Crippen LogP contribution in [0.2, 0.25) is 0 Å². The summed E-state index contributed by atoms with van der Waals surface area (Å²) in [6.07, 6.45) is -2.27. The number of anilines is 1. The van der Waals surface area contributed by atoms with E-state index in [1.165, 1.54) is 6.07 Å². The van der Waals surface area contributed by atoms with Gasteiger partial charge >= 0.3 is 6.18 Å². The fourth-order valence-corrected chi connectivity index (χ4v) is 3.62. The summed E-state index contributed by atoms with van der Waals surface area (Å²) in [5.41, 5.74) is 1.47. The highest BCUT2D eigenvalue weighted by Gasteiger charge is 2.32. The molecule has 0 unspecified atom stereocenters. The maximum atomic E-state index is 13.0. The number of hydrogen-bond donors (Lipinski definition) is 0. The van der Waals surface area contributed by atoms with Crippen molar-refractivity contribution in [1.82, 2.24) is 10.1 Å². The molecule has 0 fully saturated rings. The number of hydrogen-bond acceptors (Lipinski definition) is 4. The van der Waals surface area contributed by atoms with Gasteiger partial charge in [-0.3, -0.25) is 4.79 Å². The summed E-state index contributed by atoms with van der Waals surface area (Å²) >= 11 is 0. The van der Waals surface area contributed by atoms with E-state index in [2.05, 4.69) is 10.1 Å². The van der Waals surface area contributed by atoms with E-state index < -0.39 is 11.7 Å².